The Labute approximate surface area is 139 Å². The first-order valence-corrected chi connectivity index (χ1v) is 8.19. The van der Waals surface area contributed by atoms with Crippen LogP contribution in [0.4, 0.5) is 0 Å². The number of amides is 1. The average molecular weight is 369 g/mol. The van der Waals surface area contributed by atoms with E-state index >= 15 is 0 Å². The number of rotatable bonds is 5. The van der Waals surface area contributed by atoms with Crippen LogP contribution >= 0.6 is 15.9 Å². The lowest BCUT2D eigenvalue weighted by Gasteiger charge is -2.19. The van der Waals surface area contributed by atoms with Crippen LogP contribution in [0.3, 0.4) is 0 Å². The standard InChI is InChI=1S/C16H21BrN2O3/c1-21-14-9-11(8-13(17)15(14)22-2)10-18-19-16(20)12-6-4-3-5-7-12/h8-10,12H,3-7H2,1-2H3,(H,19,20). The molecule has 1 fully saturated rings. The lowest BCUT2D eigenvalue weighted by molar-refractivity contribution is -0.125. The Bertz CT molecular complexity index is 555. The summed E-state index contributed by atoms with van der Waals surface area (Å²) in [6, 6.07) is 3.66. The minimum Gasteiger partial charge on any atom is -0.493 e. The topological polar surface area (TPSA) is 59.9 Å². The van der Waals surface area contributed by atoms with Gasteiger partial charge in [-0.3, -0.25) is 4.79 Å². The van der Waals surface area contributed by atoms with Crippen molar-refractivity contribution in [1.82, 2.24) is 5.43 Å². The van der Waals surface area contributed by atoms with Crippen molar-refractivity contribution in [2.45, 2.75) is 32.1 Å². The Morgan fingerprint density at radius 3 is 2.64 bits per heavy atom. The molecule has 120 valence electrons. The van der Waals surface area contributed by atoms with Gasteiger partial charge in [0.1, 0.15) is 0 Å². The van der Waals surface area contributed by atoms with E-state index in [0.29, 0.717) is 11.5 Å². The first kappa shape index (κ1) is 16.8. The van der Waals surface area contributed by atoms with Gasteiger partial charge in [-0.1, -0.05) is 19.3 Å². The van der Waals surface area contributed by atoms with Crippen LogP contribution in [0.25, 0.3) is 0 Å². The van der Waals surface area contributed by atoms with E-state index in [9.17, 15) is 4.79 Å². The van der Waals surface area contributed by atoms with Gasteiger partial charge in [0, 0.05) is 5.92 Å². The zero-order valence-corrected chi connectivity index (χ0v) is 14.5. The highest BCUT2D eigenvalue weighted by Gasteiger charge is 2.20. The summed E-state index contributed by atoms with van der Waals surface area (Å²) in [6.45, 7) is 0. The predicted molar refractivity (Wildman–Crippen MR) is 89.6 cm³/mol. The molecular weight excluding hydrogens is 348 g/mol. The quantitative estimate of drug-likeness (QED) is 0.639. The Balaban J connectivity index is 2.00. The zero-order valence-electron chi connectivity index (χ0n) is 12.9. The molecular formula is C16H21BrN2O3. The largest absolute Gasteiger partial charge is 0.493 e. The van der Waals surface area contributed by atoms with Crippen molar-refractivity contribution in [3.8, 4) is 11.5 Å². The summed E-state index contributed by atoms with van der Waals surface area (Å²) in [5.74, 6) is 1.35. The Hall–Kier alpha value is -1.56. The van der Waals surface area contributed by atoms with Gasteiger partial charge in [0.25, 0.3) is 0 Å². The average Bonchev–Trinajstić information content (AvgIpc) is 2.55. The van der Waals surface area contributed by atoms with E-state index in [2.05, 4.69) is 26.5 Å². The number of benzene rings is 1. The summed E-state index contributed by atoms with van der Waals surface area (Å²) in [7, 11) is 3.16. The van der Waals surface area contributed by atoms with E-state index in [0.717, 1.165) is 35.7 Å². The molecule has 1 aromatic carbocycles. The third kappa shape index (κ3) is 4.22. The molecule has 0 atom stereocenters. The van der Waals surface area contributed by atoms with Crippen LogP contribution in [0.2, 0.25) is 0 Å². The van der Waals surface area contributed by atoms with Gasteiger partial charge in [0.2, 0.25) is 5.91 Å². The second-order valence-electron chi connectivity index (χ2n) is 5.31. The highest BCUT2D eigenvalue weighted by molar-refractivity contribution is 9.10. The Kier molecular flexibility index (Phi) is 6.24. The minimum atomic E-state index is 0.00972. The molecule has 1 aliphatic rings. The number of ether oxygens (including phenoxy) is 2. The molecule has 0 spiro atoms. The van der Waals surface area contributed by atoms with Crippen LogP contribution in [-0.4, -0.2) is 26.3 Å². The van der Waals surface area contributed by atoms with Gasteiger partial charge in [-0.25, -0.2) is 5.43 Å². The van der Waals surface area contributed by atoms with Gasteiger partial charge in [0.15, 0.2) is 11.5 Å². The Morgan fingerprint density at radius 2 is 2.00 bits per heavy atom. The van der Waals surface area contributed by atoms with Crippen LogP contribution in [0.5, 0.6) is 11.5 Å². The smallest absolute Gasteiger partial charge is 0.243 e. The SMILES string of the molecule is COc1cc(C=NNC(=O)C2CCCCC2)cc(Br)c1OC. The fourth-order valence-electron chi connectivity index (χ4n) is 2.64. The Morgan fingerprint density at radius 1 is 1.27 bits per heavy atom. The molecule has 1 aromatic rings. The maximum Gasteiger partial charge on any atom is 0.243 e. The zero-order chi connectivity index (χ0) is 15.9. The monoisotopic (exact) mass is 368 g/mol. The summed E-state index contributed by atoms with van der Waals surface area (Å²) in [5, 5.41) is 4.05. The maximum atomic E-state index is 12.0. The van der Waals surface area contributed by atoms with Crippen LogP contribution in [-0.2, 0) is 4.79 Å². The van der Waals surface area contributed by atoms with Gasteiger partial charge >= 0.3 is 0 Å². The first-order chi connectivity index (χ1) is 10.7. The number of hydrogen-bond acceptors (Lipinski definition) is 4. The second kappa shape index (κ2) is 8.17. The van der Waals surface area contributed by atoms with Gasteiger partial charge in [-0.05, 0) is 46.5 Å². The molecule has 2 rings (SSSR count). The van der Waals surface area contributed by atoms with Crippen molar-refractivity contribution in [1.29, 1.82) is 0 Å². The first-order valence-electron chi connectivity index (χ1n) is 7.40. The number of methoxy groups -OCH3 is 2. The van der Waals surface area contributed by atoms with Crippen LogP contribution < -0.4 is 14.9 Å². The van der Waals surface area contributed by atoms with Crippen LogP contribution in [0, 0.1) is 5.92 Å². The number of hydrazone groups is 1. The van der Waals surface area contributed by atoms with Crippen molar-refractivity contribution >= 4 is 28.1 Å². The minimum absolute atomic E-state index is 0.00972. The van der Waals surface area contributed by atoms with E-state index in [1.54, 1.807) is 26.5 Å². The van der Waals surface area contributed by atoms with E-state index in [1.165, 1.54) is 6.42 Å². The normalized spacial score (nSPS) is 15.8. The van der Waals surface area contributed by atoms with Crippen molar-refractivity contribution in [2.24, 2.45) is 11.0 Å². The molecule has 1 aliphatic carbocycles. The molecule has 6 heteroatoms. The molecule has 1 amide bonds. The maximum absolute atomic E-state index is 12.0. The molecule has 0 saturated heterocycles. The summed E-state index contributed by atoms with van der Waals surface area (Å²) in [4.78, 5) is 12.0. The molecule has 0 heterocycles. The highest BCUT2D eigenvalue weighted by atomic mass is 79.9. The number of carbonyl (C=O) groups is 1. The fourth-order valence-corrected chi connectivity index (χ4v) is 3.26. The third-order valence-electron chi connectivity index (χ3n) is 3.82. The molecule has 1 N–H and O–H groups in total. The van der Waals surface area contributed by atoms with E-state index < -0.39 is 0 Å². The predicted octanol–water partition coefficient (Wildman–Crippen LogP) is 3.50. The lowest BCUT2D eigenvalue weighted by atomic mass is 9.89. The number of nitrogens with zero attached hydrogens (tertiary/aromatic N) is 1. The van der Waals surface area contributed by atoms with Gasteiger partial charge in [-0.2, -0.15) is 5.10 Å². The molecule has 0 bridgehead atoms. The second-order valence-corrected chi connectivity index (χ2v) is 6.16. The van der Waals surface area contributed by atoms with Crippen LogP contribution in [0.15, 0.2) is 21.7 Å². The molecule has 0 aliphatic heterocycles. The van der Waals surface area contributed by atoms with Crippen molar-refractivity contribution in [2.75, 3.05) is 14.2 Å². The number of halogens is 1. The van der Waals surface area contributed by atoms with Gasteiger partial charge in [0.05, 0.1) is 24.9 Å². The molecule has 22 heavy (non-hydrogen) atoms. The summed E-state index contributed by atoms with van der Waals surface area (Å²) in [6.07, 6.45) is 7.02. The molecule has 0 unspecified atom stereocenters. The van der Waals surface area contributed by atoms with Crippen LogP contribution in [0.1, 0.15) is 37.7 Å². The summed E-state index contributed by atoms with van der Waals surface area (Å²) >= 11 is 3.43. The van der Waals surface area contributed by atoms with Gasteiger partial charge < -0.3 is 9.47 Å². The molecule has 1 saturated carbocycles. The summed E-state index contributed by atoms with van der Waals surface area (Å²) < 4.78 is 11.3. The highest BCUT2D eigenvalue weighted by Crippen LogP contribution is 2.35. The van der Waals surface area contributed by atoms with E-state index in [-0.39, 0.29) is 11.8 Å². The number of hydrogen-bond donors (Lipinski definition) is 1. The van der Waals surface area contributed by atoms with Crippen molar-refractivity contribution in [3.05, 3.63) is 22.2 Å². The van der Waals surface area contributed by atoms with Gasteiger partial charge in [-0.15, -0.1) is 0 Å². The molecule has 0 radical (unpaired) electrons. The number of carbonyl (C=O) groups excluding carboxylic acids is 1. The molecule has 5 nitrogen and oxygen atoms in total. The summed E-state index contributed by atoms with van der Waals surface area (Å²) in [5.41, 5.74) is 3.44. The van der Waals surface area contributed by atoms with E-state index in [4.69, 9.17) is 9.47 Å². The third-order valence-corrected chi connectivity index (χ3v) is 4.41. The number of nitrogens with one attached hydrogen (secondary N) is 1. The fraction of sp³-hybridized carbons (Fsp3) is 0.500. The van der Waals surface area contributed by atoms with Crippen molar-refractivity contribution in [3.63, 3.8) is 0 Å². The lowest BCUT2D eigenvalue weighted by Crippen LogP contribution is -2.28. The van der Waals surface area contributed by atoms with Crippen molar-refractivity contribution < 1.29 is 14.3 Å². The van der Waals surface area contributed by atoms with E-state index in [1.807, 2.05) is 6.07 Å². The molecule has 0 aromatic heterocycles.